The summed E-state index contributed by atoms with van der Waals surface area (Å²) in [6.45, 7) is 1.93. The van der Waals surface area contributed by atoms with E-state index in [1.54, 1.807) is 12.3 Å². The van der Waals surface area contributed by atoms with E-state index in [1.165, 1.54) is 0 Å². The number of pyridine rings is 1. The van der Waals surface area contributed by atoms with Crippen LogP contribution in [-0.2, 0) is 5.33 Å². The van der Waals surface area contributed by atoms with Crippen molar-refractivity contribution in [3.05, 3.63) is 59.3 Å². The van der Waals surface area contributed by atoms with Gasteiger partial charge in [0.1, 0.15) is 5.82 Å². The molecule has 1 aromatic carbocycles. The zero-order valence-corrected chi connectivity index (χ0v) is 11.6. The van der Waals surface area contributed by atoms with Crippen LogP contribution in [0.1, 0.15) is 21.5 Å². The topological polar surface area (TPSA) is 42.0 Å². The first-order valence-electron chi connectivity index (χ1n) is 5.58. The molecule has 1 heterocycles. The van der Waals surface area contributed by atoms with Crippen LogP contribution in [0, 0.1) is 6.92 Å². The Hall–Kier alpha value is -1.68. The first-order valence-corrected chi connectivity index (χ1v) is 6.70. The van der Waals surface area contributed by atoms with Gasteiger partial charge in [0.15, 0.2) is 0 Å². The summed E-state index contributed by atoms with van der Waals surface area (Å²) in [6.07, 6.45) is 1.65. The molecule has 3 nitrogen and oxygen atoms in total. The Labute approximate surface area is 114 Å². The van der Waals surface area contributed by atoms with Gasteiger partial charge in [0, 0.05) is 17.1 Å². The number of aryl methyl sites for hydroxylation is 1. The smallest absolute Gasteiger partial charge is 0.257 e. The molecular formula is C14H13BrN2O. The van der Waals surface area contributed by atoms with Crippen LogP contribution in [0.15, 0.2) is 42.6 Å². The second-order valence-electron chi connectivity index (χ2n) is 3.95. The average Bonchev–Trinajstić information content (AvgIpc) is 2.39. The SMILES string of the molecule is Cc1cc(CBr)ccc1C(=O)Nc1ccccn1. The molecule has 0 saturated carbocycles. The summed E-state index contributed by atoms with van der Waals surface area (Å²) in [5, 5.41) is 3.56. The molecule has 1 amide bonds. The maximum Gasteiger partial charge on any atom is 0.257 e. The highest BCUT2D eigenvalue weighted by atomic mass is 79.9. The van der Waals surface area contributed by atoms with Crippen LogP contribution in [0.2, 0.25) is 0 Å². The van der Waals surface area contributed by atoms with Gasteiger partial charge >= 0.3 is 0 Å². The molecule has 0 unspecified atom stereocenters. The number of nitrogens with zero attached hydrogens (tertiary/aromatic N) is 1. The normalized spacial score (nSPS) is 10.1. The molecule has 1 aromatic heterocycles. The van der Waals surface area contributed by atoms with Crippen LogP contribution in [0.3, 0.4) is 0 Å². The molecule has 0 aliphatic heterocycles. The molecular weight excluding hydrogens is 292 g/mol. The Balaban J connectivity index is 2.19. The van der Waals surface area contributed by atoms with Crippen molar-refractivity contribution in [2.24, 2.45) is 0 Å². The van der Waals surface area contributed by atoms with Gasteiger partial charge in [-0.05, 0) is 36.2 Å². The van der Waals surface area contributed by atoms with Gasteiger partial charge in [0.05, 0.1) is 0 Å². The van der Waals surface area contributed by atoms with Crippen molar-refractivity contribution in [3.63, 3.8) is 0 Å². The molecule has 0 radical (unpaired) electrons. The van der Waals surface area contributed by atoms with Crippen LogP contribution in [0.4, 0.5) is 5.82 Å². The molecule has 4 heteroatoms. The highest BCUT2D eigenvalue weighted by Gasteiger charge is 2.09. The number of hydrogen-bond acceptors (Lipinski definition) is 2. The third kappa shape index (κ3) is 2.96. The van der Waals surface area contributed by atoms with E-state index in [0.29, 0.717) is 11.4 Å². The van der Waals surface area contributed by atoms with Gasteiger partial charge in [-0.2, -0.15) is 0 Å². The van der Waals surface area contributed by atoms with Crippen LogP contribution in [0.25, 0.3) is 0 Å². The minimum absolute atomic E-state index is 0.132. The van der Waals surface area contributed by atoms with Gasteiger partial charge in [-0.25, -0.2) is 4.98 Å². The fourth-order valence-electron chi connectivity index (χ4n) is 1.68. The Morgan fingerprint density at radius 1 is 1.33 bits per heavy atom. The number of anilines is 1. The number of halogens is 1. The van der Waals surface area contributed by atoms with Crippen molar-refractivity contribution in [2.75, 3.05) is 5.32 Å². The Kier molecular flexibility index (Phi) is 4.10. The van der Waals surface area contributed by atoms with Gasteiger partial charge < -0.3 is 5.32 Å². The van der Waals surface area contributed by atoms with Crippen molar-refractivity contribution in [1.29, 1.82) is 0 Å². The van der Waals surface area contributed by atoms with E-state index in [1.807, 2.05) is 37.3 Å². The van der Waals surface area contributed by atoms with E-state index in [0.717, 1.165) is 16.5 Å². The number of nitrogens with one attached hydrogen (secondary N) is 1. The first-order chi connectivity index (χ1) is 8.70. The Bertz CT molecular complexity index is 555. The zero-order valence-electron chi connectivity index (χ0n) is 9.98. The highest BCUT2D eigenvalue weighted by Crippen LogP contribution is 2.15. The number of carbonyl (C=O) groups is 1. The second kappa shape index (κ2) is 5.78. The number of benzene rings is 1. The molecule has 0 bridgehead atoms. The molecule has 18 heavy (non-hydrogen) atoms. The highest BCUT2D eigenvalue weighted by molar-refractivity contribution is 9.08. The Morgan fingerprint density at radius 2 is 2.17 bits per heavy atom. The molecule has 1 N–H and O–H groups in total. The minimum atomic E-state index is -0.132. The number of alkyl halides is 1. The third-order valence-electron chi connectivity index (χ3n) is 2.60. The van der Waals surface area contributed by atoms with Crippen molar-refractivity contribution in [1.82, 2.24) is 4.98 Å². The number of amides is 1. The maximum atomic E-state index is 12.1. The van der Waals surface area contributed by atoms with E-state index in [9.17, 15) is 4.79 Å². The average molecular weight is 305 g/mol. The van der Waals surface area contributed by atoms with Gasteiger partial charge in [0.25, 0.3) is 5.91 Å². The largest absolute Gasteiger partial charge is 0.307 e. The number of rotatable bonds is 3. The van der Waals surface area contributed by atoms with Crippen molar-refractivity contribution >= 4 is 27.7 Å². The summed E-state index contributed by atoms with van der Waals surface area (Å²) in [5.74, 6) is 0.429. The van der Waals surface area contributed by atoms with Gasteiger partial charge in [-0.15, -0.1) is 0 Å². The quantitative estimate of drug-likeness (QED) is 0.881. The number of hydrogen-bond donors (Lipinski definition) is 1. The van der Waals surface area contributed by atoms with Crippen molar-refractivity contribution in [3.8, 4) is 0 Å². The molecule has 0 aliphatic rings. The molecule has 0 fully saturated rings. The minimum Gasteiger partial charge on any atom is -0.307 e. The maximum absolute atomic E-state index is 12.1. The van der Waals surface area contributed by atoms with Crippen LogP contribution in [0.5, 0.6) is 0 Å². The molecule has 2 aromatic rings. The van der Waals surface area contributed by atoms with E-state index in [-0.39, 0.29) is 5.91 Å². The standard InChI is InChI=1S/C14H13BrN2O/c1-10-8-11(9-15)5-6-12(10)14(18)17-13-4-2-3-7-16-13/h2-8H,9H2,1H3,(H,16,17,18). The summed E-state index contributed by atoms with van der Waals surface area (Å²) < 4.78 is 0. The Morgan fingerprint density at radius 3 is 2.78 bits per heavy atom. The zero-order chi connectivity index (χ0) is 13.0. The van der Waals surface area contributed by atoms with Crippen LogP contribution in [-0.4, -0.2) is 10.9 Å². The van der Waals surface area contributed by atoms with Crippen molar-refractivity contribution < 1.29 is 4.79 Å². The number of carbonyl (C=O) groups excluding carboxylic acids is 1. The molecule has 0 atom stereocenters. The molecule has 92 valence electrons. The van der Waals surface area contributed by atoms with Crippen LogP contribution >= 0.6 is 15.9 Å². The van der Waals surface area contributed by atoms with E-state index < -0.39 is 0 Å². The lowest BCUT2D eigenvalue weighted by Gasteiger charge is -2.08. The monoisotopic (exact) mass is 304 g/mol. The second-order valence-corrected chi connectivity index (χ2v) is 4.51. The predicted molar refractivity (Wildman–Crippen MR) is 76.0 cm³/mol. The van der Waals surface area contributed by atoms with Crippen molar-refractivity contribution in [2.45, 2.75) is 12.3 Å². The number of aromatic nitrogens is 1. The summed E-state index contributed by atoms with van der Waals surface area (Å²) in [6, 6.07) is 11.2. The molecule has 0 spiro atoms. The third-order valence-corrected chi connectivity index (χ3v) is 3.24. The predicted octanol–water partition coefficient (Wildman–Crippen LogP) is 3.54. The van der Waals surface area contributed by atoms with E-state index in [2.05, 4.69) is 26.2 Å². The first kappa shape index (κ1) is 12.8. The fourth-order valence-corrected chi connectivity index (χ4v) is 2.03. The summed E-state index contributed by atoms with van der Waals surface area (Å²) in [5.41, 5.74) is 2.78. The van der Waals surface area contributed by atoms with Crippen LogP contribution < -0.4 is 5.32 Å². The summed E-state index contributed by atoms with van der Waals surface area (Å²) in [7, 11) is 0. The molecule has 2 rings (SSSR count). The van der Waals surface area contributed by atoms with Gasteiger partial charge in [0.2, 0.25) is 0 Å². The van der Waals surface area contributed by atoms with Gasteiger partial charge in [-0.1, -0.05) is 34.1 Å². The molecule has 0 saturated heterocycles. The fraction of sp³-hybridized carbons (Fsp3) is 0.143. The molecule has 0 aliphatic carbocycles. The lowest BCUT2D eigenvalue weighted by atomic mass is 10.1. The summed E-state index contributed by atoms with van der Waals surface area (Å²) >= 11 is 3.40. The van der Waals surface area contributed by atoms with E-state index >= 15 is 0 Å². The lowest BCUT2D eigenvalue weighted by molar-refractivity contribution is 0.102. The van der Waals surface area contributed by atoms with E-state index in [4.69, 9.17) is 0 Å². The summed E-state index contributed by atoms with van der Waals surface area (Å²) in [4.78, 5) is 16.1. The lowest BCUT2D eigenvalue weighted by Crippen LogP contribution is -2.14. The van der Waals surface area contributed by atoms with Gasteiger partial charge in [-0.3, -0.25) is 4.79 Å².